The quantitative estimate of drug-likeness (QED) is 0.144. The van der Waals surface area contributed by atoms with Crippen molar-refractivity contribution < 1.29 is 9.53 Å². The smallest absolute Gasteiger partial charge is 0.410 e. The summed E-state index contributed by atoms with van der Waals surface area (Å²) >= 11 is 0. The predicted molar refractivity (Wildman–Crippen MR) is 159 cm³/mol. The third-order valence-corrected chi connectivity index (χ3v) is 7.75. The van der Waals surface area contributed by atoms with E-state index in [0.717, 1.165) is 44.1 Å². The summed E-state index contributed by atoms with van der Waals surface area (Å²) in [4.78, 5) is 16.2. The molecule has 3 aromatic rings. The maximum atomic E-state index is 14.0. The van der Waals surface area contributed by atoms with E-state index in [1.54, 1.807) is 0 Å². The van der Waals surface area contributed by atoms with Gasteiger partial charge in [0.15, 0.2) is 0 Å². The van der Waals surface area contributed by atoms with Crippen LogP contribution in [0.25, 0.3) is 21.5 Å². The zero-order valence-electron chi connectivity index (χ0n) is 23.8. The van der Waals surface area contributed by atoms with Gasteiger partial charge >= 0.3 is 6.09 Å². The summed E-state index contributed by atoms with van der Waals surface area (Å²) in [6.07, 6.45) is 13.5. The molecule has 202 valence electrons. The Morgan fingerprint density at radius 2 is 1.16 bits per heavy atom. The molecule has 0 aliphatic rings. The Balaban J connectivity index is 1.91. The number of carbonyl (C=O) groups excluding carboxylic acids is 1. The standard InChI is InChI=1S/C34H49NO2/c1-5-9-11-21-29(17-7-3)35(30(18-8-4)22-12-10-6-2)34(36)37-26-33-31-23-15-13-19-27(31)25-28-20-14-16-24-32(28)33/h13-16,19-20,23-25,29-30H,5-12,17-18,21-22,26H2,1-4H3. The number of benzene rings is 3. The zero-order chi connectivity index (χ0) is 26.5. The number of amides is 1. The second-order valence-corrected chi connectivity index (χ2v) is 10.6. The van der Waals surface area contributed by atoms with Crippen LogP contribution in [0.3, 0.4) is 0 Å². The number of nitrogens with zero attached hydrogens (tertiary/aromatic N) is 1. The van der Waals surface area contributed by atoms with Crippen LogP contribution in [0.15, 0.2) is 54.6 Å². The van der Waals surface area contributed by atoms with Gasteiger partial charge < -0.3 is 9.64 Å². The molecule has 0 aliphatic carbocycles. The molecule has 3 heteroatoms. The lowest BCUT2D eigenvalue weighted by Crippen LogP contribution is -2.47. The largest absolute Gasteiger partial charge is 0.444 e. The molecule has 0 N–H and O–H groups in total. The fourth-order valence-electron chi connectivity index (χ4n) is 5.84. The molecule has 0 aliphatic heterocycles. The molecule has 37 heavy (non-hydrogen) atoms. The van der Waals surface area contributed by atoms with Crippen molar-refractivity contribution >= 4 is 27.6 Å². The van der Waals surface area contributed by atoms with Crippen LogP contribution in [0.5, 0.6) is 0 Å². The molecule has 3 aromatic carbocycles. The lowest BCUT2D eigenvalue weighted by atomic mass is 9.96. The molecule has 0 saturated heterocycles. The van der Waals surface area contributed by atoms with Gasteiger partial charge in [-0.3, -0.25) is 0 Å². The van der Waals surface area contributed by atoms with E-state index in [1.807, 2.05) is 0 Å². The van der Waals surface area contributed by atoms with E-state index in [1.165, 1.54) is 60.1 Å². The van der Waals surface area contributed by atoms with E-state index in [0.29, 0.717) is 6.61 Å². The number of hydrogen-bond acceptors (Lipinski definition) is 2. The normalized spacial score (nSPS) is 13.1. The van der Waals surface area contributed by atoms with Gasteiger partial charge in [0.25, 0.3) is 0 Å². The molecule has 1 amide bonds. The summed E-state index contributed by atoms with van der Waals surface area (Å²) in [5.74, 6) is 0. The SMILES string of the molecule is CCCCCC(CCC)N(C(=O)OCc1c2ccccc2cc2ccccc12)C(CCC)CCCCC. The van der Waals surface area contributed by atoms with Gasteiger partial charge in [-0.25, -0.2) is 4.79 Å². The van der Waals surface area contributed by atoms with E-state index in [-0.39, 0.29) is 18.2 Å². The third kappa shape index (κ3) is 7.97. The average molecular weight is 504 g/mol. The molecule has 2 unspecified atom stereocenters. The fourth-order valence-corrected chi connectivity index (χ4v) is 5.84. The average Bonchev–Trinajstić information content (AvgIpc) is 2.91. The molecule has 0 fully saturated rings. The molecule has 0 spiro atoms. The minimum Gasteiger partial charge on any atom is -0.444 e. The number of carbonyl (C=O) groups is 1. The van der Waals surface area contributed by atoms with Gasteiger partial charge in [-0.15, -0.1) is 0 Å². The van der Waals surface area contributed by atoms with Crippen molar-refractivity contribution in [1.82, 2.24) is 4.90 Å². The summed E-state index contributed by atoms with van der Waals surface area (Å²) in [6, 6.07) is 19.6. The van der Waals surface area contributed by atoms with Gasteiger partial charge in [-0.2, -0.15) is 0 Å². The third-order valence-electron chi connectivity index (χ3n) is 7.75. The molecule has 0 aromatic heterocycles. The van der Waals surface area contributed by atoms with E-state index in [2.05, 4.69) is 87.2 Å². The Labute approximate surface area is 225 Å². The summed E-state index contributed by atoms with van der Waals surface area (Å²) in [5, 5.41) is 4.72. The topological polar surface area (TPSA) is 29.5 Å². The van der Waals surface area contributed by atoms with Gasteiger partial charge in [-0.05, 0) is 53.3 Å². The Bertz CT molecular complexity index is 1020. The van der Waals surface area contributed by atoms with Gasteiger partial charge in [0.1, 0.15) is 6.61 Å². The Morgan fingerprint density at radius 3 is 1.62 bits per heavy atom. The highest BCUT2D eigenvalue weighted by atomic mass is 16.6. The maximum Gasteiger partial charge on any atom is 0.410 e. The summed E-state index contributed by atoms with van der Waals surface area (Å²) in [5.41, 5.74) is 1.11. The Kier molecular flexibility index (Phi) is 12.3. The van der Waals surface area contributed by atoms with Crippen LogP contribution < -0.4 is 0 Å². The number of unbranched alkanes of at least 4 members (excludes halogenated alkanes) is 4. The van der Waals surface area contributed by atoms with E-state index >= 15 is 0 Å². The number of hydrogen-bond donors (Lipinski definition) is 0. The highest BCUT2D eigenvalue weighted by Crippen LogP contribution is 2.30. The first-order chi connectivity index (χ1) is 18.1. The zero-order valence-corrected chi connectivity index (χ0v) is 23.8. The van der Waals surface area contributed by atoms with Gasteiger partial charge in [0, 0.05) is 17.6 Å². The van der Waals surface area contributed by atoms with Crippen molar-refractivity contribution in [1.29, 1.82) is 0 Å². The highest BCUT2D eigenvalue weighted by Gasteiger charge is 2.31. The molecular formula is C34H49NO2. The monoisotopic (exact) mass is 503 g/mol. The van der Waals surface area contributed by atoms with Crippen LogP contribution in [0.4, 0.5) is 4.79 Å². The van der Waals surface area contributed by atoms with Crippen molar-refractivity contribution in [2.75, 3.05) is 0 Å². The molecule has 3 rings (SSSR count). The van der Waals surface area contributed by atoms with Crippen molar-refractivity contribution in [3.8, 4) is 0 Å². The van der Waals surface area contributed by atoms with Gasteiger partial charge in [0.05, 0.1) is 0 Å². The molecule has 0 radical (unpaired) electrons. The molecule has 2 atom stereocenters. The number of ether oxygens (including phenoxy) is 1. The van der Waals surface area contributed by atoms with Crippen molar-refractivity contribution in [3.05, 3.63) is 60.2 Å². The Morgan fingerprint density at radius 1 is 0.676 bits per heavy atom. The summed E-state index contributed by atoms with van der Waals surface area (Å²) in [7, 11) is 0. The lowest BCUT2D eigenvalue weighted by molar-refractivity contribution is 0.0505. The van der Waals surface area contributed by atoms with Gasteiger partial charge in [-0.1, -0.05) is 128 Å². The van der Waals surface area contributed by atoms with Crippen molar-refractivity contribution in [2.24, 2.45) is 0 Å². The van der Waals surface area contributed by atoms with Crippen LogP contribution in [-0.4, -0.2) is 23.1 Å². The van der Waals surface area contributed by atoms with E-state index < -0.39 is 0 Å². The second-order valence-electron chi connectivity index (χ2n) is 10.6. The molecule has 0 bridgehead atoms. The highest BCUT2D eigenvalue weighted by molar-refractivity contribution is 6.02. The summed E-state index contributed by atoms with van der Waals surface area (Å²) in [6.45, 7) is 9.29. The van der Waals surface area contributed by atoms with Crippen LogP contribution >= 0.6 is 0 Å². The first kappa shape index (κ1) is 29.0. The van der Waals surface area contributed by atoms with Crippen molar-refractivity contribution in [2.45, 2.75) is 123 Å². The minimum absolute atomic E-state index is 0.123. The number of rotatable bonds is 16. The maximum absolute atomic E-state index is 14.0. The first-order valence-electron chi connectivity index (χ1n) is 15.0. The molecule has 3 nitrogen and oxygen atoms in total. The van der Waals surface area contributed by atoms with Crippen molar-refractivity contribution in [3.63, 3.8) is 0 Å². The van der Waals surface area contributed by atoms with Crippen LogP contribution in [-0.2, 0) is 11.3 Å². The molecule has 0 heterocycles. The van der Waals surface area contributed by atoms with Crippen LogP contribution in [0, 0.1) is 0 Å². The molecule has 0 saturated carbocycles. The van der Waals surface area contributed by atoms with E-state index in [4.69, 9.17) is 4.74 Å². The predicted octanol–water partition coefficient (Wildman–Crippen LogP) is 10.4. The van der Waals surface area contributed by atoms with Crippen LogP contribution in [0.1, 0.15) is 110 Å². The summed E-state index contributed by atoms with van der Waals surface area (Å²) < 4.78 is 6.26. The second kappa shape index (κ2) is 15.6. The first-order valence-corrected chi connectivity index (χ1v) is 15.0. The Hall–Kier alpha value is -2.55. The lowest BCUT2D eigenvalue weighted by Gasteiger charge is -2.38. The molecular weight excluding hydrogens is 454 g/mol. The minimum atomic E-state index is -0.123. The fraction of sp³-hybridized carbons (Fsp3) is 0.559. The van der Waals surface area contributed by atoms with E-state index in [9.17, 15) is 4.79 Å². The van der Waals surface area contributed by atoms with Crippen LogP contribution in [0.2, 0.25) is 0 Å². The van der Waals surface area contributed by atoms with Gasteiger partial charge in [0.2, 0.25) is 0 Å². The number of fused-ring (bicyclic) bond motifs is 2.